The molecule has 116 valence electrons. The average molecular weight is 320 g/mol. The minimum Gasteiger partial charge on any atom is -0.417 e. The maximum absolute atomic E-state index is 12.1. The highest BCUT2D eigenvalue weighted by atomic mass is 35.5. The van der Waals surface area contributed by atoms with Gasteiger partial charge in [-0.1, -0.05) is 43.0 Å². The molecule has 1 aliphatic carbocycles. The molecule has 6 heteroatoms. The lowest BCUT2D eigenvalue weighted by Gasteiger charge is -2.21. The second-order valence-corrected chi connectivity index (χ2v) is 6.05. The molecule has 1 amide bonds. The van der Waals surface area contributed by atoms with Crippen LogP contribution in [0.3, 0.4) is 0 Å². The van der Waals surface area contributed by atoms with Gasteiger partial charge < -0.3 is 9.73 Å². The predicted octanol–water partition coefficient (Wildman–Crippen LogP) is 3.38. The van der Waals surface area contributed by atoms with Gasteiger partial charge in [0.15, 0.2) is 0 Å². The van der Waals surface area contributed by atoms with E-state index < -0.39 is 0 Å². The van der Waals surface area contributed by atoms with Crippen LogP contribution in [0.25, 0.3) is 0 Å². The van der Waals surface area contributed by atoms with E-state index >= 15 is 0 Å². The molecule has 1 aromatic carbocycles. The van der Waals surface area contributed by atoms with Crippen molar-refractivity contribution >= 4 is 17.5 Å². The Morgan fingerprint density at radius 1 is 1.27 bits per heavy atom. The lowest BCUT2D eigenvalue weighted by atomic mass is 9.95. The maximum atomic E-state index is 12.1. The molecule has 0 spiro atoms. The number of amides is 1. The smallest absolute Gasteiger partial charge is 0.309 e. The zero-order valence-corrected chi connectivity index (χ0v) is 13.0. The number of nitrogens with zero attached hydrogens (tertiary/aromatic N) is 2. The minimum absolute atomic E-state index is 0.0302. The van der Waals surface area contributed by atoms with Crippen molar-refractivity contribution in [2.75, 3.05) is 0 Å². The number of benzene rings is 1. The van der Waals surface area contributed by atoms with Crippen molar-refractivity contribution in [3.05, 3.63) is 46.6 Å². The Balaban J connectivity index is 1.61. The second-order valence-electron chi connectivity index (χ2n) is 5.62. The van der Waals surface area contributed by atoms with E-state index in [4.69, 9.17) is 16.0 Å². The number of rotatable bonds is 4. The summed E-state index contributed by atoms with van der Waals surface area (Å²) < 4.78 is 5.45. The van der Waals surface area contributed by atoms with E-state index in [-0.39, 0.29) is 17.8 Å². The summed E-state index contributed by atoms with van der Waals surface area (Å²) in [5.74, 6) is 0.162. The SMILES string of the molecule is O=C(NC1CCCCC1)c1nnc(Cc2cccc(Cl)c2)o1. The Morgan fingerprint density at radius 2 is 2.09 bits per heavy atom. The van der Waals surface area contributed by atoms with E-state index in [1.54, 1.807) is 0 Å². The summed E-state index contributed by atoms with van der Waals surface area (Å²) >= 11 is 5.94. The van der Waals surface area contributed by atoms with Gasteiger partial charge in [0.1, 0.15) is 0 Å². The molecular formula is C16H18ClN3O2. The molecule has 5 nitrogen and oxygen atoms in total. The summed E-state index contributed by atoms with van der Waals surface area (Å²) in [4.78, 5) is 12.1. The summed E-state index contributed by atoms with van der Waals surface area (Å²) in [6.45, 7) is 0. The number of nitrogens with one attached hydrogen (secondary N) is 1. The third-order valence-corrected chi connectivity index (χ3v) is 4.08. The molecule has 22 heavy (non-hydrogen) atoms. The Morgan fingerprint density at radius 3 is 2.86 bits per heavy atom. The van der Waals surface area contributed by atoms with Gasteiger partial charge in [-0.3, -0.25) is 4.79 Å². The first-order chi connectivity index (χ1) is 10.7. The number of carbonyl (C=O) groups excluding carboxylic acids is 1. The molecule has 1 saturated carbocycles. The van der Waals surface area contributed by atoms with Crippen molar-refractivity contribution in [3.63, 3.8) is 0 Å². The highest BCUT2D eigenvalue weighted by molar-refractivity contribution is 6.30. The fourth-order valence-electron chi connectivity index (χ4n) is 2.73. The fourth-order valence-corrected chi connectivity index (χ4v) is 2.95. The number of carbonyl (C=O) groups is 1. The molecule has 0 bridgehead atoms. The normalized spacial score (nSPS) is 15.7. The number of hydrogen-bond acceptors (Lipinski definition) is 4. The van der Waals surface area contributed by atoms with Gasteiger partial charge in [0.2, 0.25) is 5.89 Å². The lowest BCUT2D eigenvalue weighted by Crippen LogP contribution is -2.36. The molecule has 0 atom stereocenters. The Hall–Kier alpha value is -1.88. The molecule has 1 N–H and O–H groups in total. The summed E-state index contributed by atoms with van der Waals surface area (Å²) in [7, 11) is 0. The zero-order valence-electron chi connectivity index (χ0n) is 12.2. The van der Waals surface area contributed by atoms with E-state index in [9.17, 15) is 4.79 Å². The number of halogens is 1. The van der Waals surface area contributed by atoms with Crippen LogP contribution in [0, 0.1) is 0 Å². The molecule has 0 aliphatic heterocycles. The van der Waals surface area contributed by atoms with Crippen molar-refractivity contribution in [3.8, 4) is 0 Å². The van der Waals surface area contributed by atoms with Crippen LogP contribution >= 0.6 is 11.6 Å². The number of hydrogen-bond donors (Lipinski definition) is 1. The Kier molecular flexibility index (Phi) is 4.73. The highest BCUT2D eigenvalue weighted by Gasteiger charge is 2.20. The lowest BCUT2D eigenvalue weighted by molar-refractivity contribution is 0.0891. The van der Waals surface area contributed by atoms with Gasteiger partial charge in [0.25, 0.3) is 0 Å². The maximum Gasteiger partial charge on any atom is 0.309 e. The molecule has 0 unspecified atom stereocenters. The van der Waals surface area contributed by atoms with Crippen LogP contribution in [0.2, 0.25) is 5.02 Å². The van der Waals surface area contributed by atoms with Crippen LogP contribution < -0.4 is 5.32 Å². The topological polar surface area (TPSA) is 68.0 Å². The van der Waals surface area contributed by atoms with Gasteiger partial charge in [-0.05, 0) is 30.5 Å². The van der Waals surface area contributed by atoms with Crippen LogP contribution in [0.5, 0.6) is 0 Å². The molecule has 0 radical (unpaired) electrons. The predicted molar refractivity (Wildman–Crippen MR) is 82.9 cm³/mol. The van der Waals surface area contributed by atoms with E-state index in [0.717, 1.165) is 31.2 Å². The van der Waals surface area contributed by atoms with Gasteiger partial charge in [0.05, 0.1) is 6.42 Å². The van der Waals surface area contributed by atoms with E-state index in [0.29, 0.717) is 17.3 Å². The number of aromatic nitrogens is 2. The van der Waals surface area contributed by atoms with Crippen LogP contribution in [0.4, 0.5) is 0 Å². The minimum atomic E-state index is -0.281. The highest BCUT2D eigenvalue weighted by Crippen LogP contribution is 2.18. The molecule has 0 saturated heterocycles. The first-order valence-electron chi connectivity index (χ1n) is 7.58. The average Bonchev–Trinajstić information content (AvgIpc) is 2.97. The second kappa shape index (κ2) is 6.92. The van der Waals surface area contributed by atoms with Crippen molar-refractivity contribution < 1.29 is 9.21 Å². The van der Waals surface area contributed by atoms with Crippen LogP contribution in [0.15, 0.2) is 28.7 Å². The van der Waals surface area contributed by atoms with Crippen LogP contribution in [-0.4, -0.2) is 22.1 Å². The summed E-state index contributed by atoms with van der Waals surface area (Å²) in [6, 6.07) is 7.67. The third kappa shape index (κ3) is 3.85. The molecule has 1 aliphatic rings. The van der Waals surface area contributed by atoms with E-state index in [1.165, 1.54) is 6.42 Å². The first-order valence-corrected chi connectivity index (χ1v) is 7.96. The zero-order chi connectivity index (χ0) is 15.4. The van der Waals surface area contributed by atoms with Crippen molar-refractivity contribution in [2.24, 2.45) is 0 Å². The third-order valence-electron chi connectivity index (χ3n) is 3.85. The monoisotopic (exact) mass is 319 g/mol. The van der Waals surface area contributed by atoms with Gasteiger partial charge in [-0.15, -0.1) is 10.2 Å². The first kappa shape index (κ1) is 15.0. The van der Waals surface area contributed by atoms with Gasteiger partial charge >= 0.3 is 11.8 Å². The Bertz CT molecular complexity index is 650. The summed E-state index contributed by atoms with van der Waals surface area (Å²) in [5.41, 5.74) is 0.968. The molecule has 1 fully saturated rings. The van der Waals surface area contributed by atoms with Gasteiger partial charge in [0, 0.05) is 11.1 Å². The van der Waals surface area contributed by atoms with Crippen LogP contribution in [-0.2, 0) is 6.42 Å². The largest absolute Gasteiger partial charge is 0.417 e. The van der Waals surface area contributed by atoms with E-state index in [2.05, 4.69) is 15.5 Å². The molecular weight excluding hydrogens is 302 g/mol. The summed E-state index contributed by atoms with van der Waals surface area (Å²) in [6.07, 6.45) is 6.08. The molecule has 2 aromatic rings. The summed E-state index contributed by atoms with van der Waals surface area (Å²) in [5, 5.41) is 11.4. The van der Waals surface area contributed by atoms with Crippen molar-refractivity contribution in [1.29, 1.82) is 0 Å². The Labute approximate surface area is 134 Å². The fraction of sp³-hybridized carbons (Fsp3) is 0.438. The van der Waals surface area contributed by atoms with Gasteiger partial charge in [-0.25, -0.2) is 0 Å². The van der Waals surface area contributed by atoms with Crippen LogP contribution in [0.1, 0.15) is 54.2 Å². The standard InChI is InChI=1S/C16H18ClN3O2/c17-12-6-4-5-11(9-12)10-14-19-20-16(22-14)15(21)18-13-7-2-1-3-8-13/h4-6,9,13H,1-3,7-8,10H2,(H,18,21). The molecule has 3 rings (SSSR count). The van der Waals surface area contributed by atoms with Crippen molar-refractivity contribution in [1.82, 2.24) is 15.5 Å². The molecule has 1 heterocycles. The van der Waals surface area contributed by atoms with Gasteiger partial charge in [-0.2, -0.15) is 0 Å². The quantitative estimate of drug-likeness (QED) is 0.938. The van der Waals surface area contributed by atoms with Crippen molar-refractivity contribution in [2.45, 2.75) is 44.6 Å². The molecule has 1 aromatic heterocycles. The van der Waals surface area contributed by atoms with E-state index in [1.807, 2.05) is 24.3 Å².